The number of rotatable bonds is 1. The number of methoxy groups -OCH3 is 1. The molecule has 0 spiro atoms. The lowest BCUT2D eigenvalue weighted by Gasteiger charge is -2.07. The Kier molecular flexibility index (Phi) is 2.26. The second kappa shape index (κ2) is 3.20. The molecule has 0 aromatic carbocycles. The van der Waals surface area contributed by atoms with Gasteiger partial charge in [0.25, 0.3) is 0 Å². The summed E-state index contributed by atoms with van der Waals surface area (Å²) in [6, 6.07) is 0. The van der Waals surface area contributed by atoms with E-state index in [1.54, 1.807) is 6.08 Å². The highest BCUT2D eigenvalue weighted by molar-refractivity contribution is 5.88. The first-order valence-electron chi connectivity index (χ1n) is 3.12. The topological polar surface area (TPSA) is 26.3 Å². The molecule has 53 valence electrons. The number of hydrogen-bond donors (Lipinski definition) is 0. The van der Waals surface area contributed by atoms with Gasteiger partial charge in [-0.15, -0.1) is 0 Å². The van der Waals surface area contributed by atoms with E-state index in [2.05, 4.69) is 4.74 Å². The van der Waals surface area contributed by atoms with E-state index in [0.717, 1.165) is 0 Å². The molecule has 1 aliphatic carbocycles. The first-order chi connectivity index (χ1) is 4.84. The highest BCUT2D eigenvalue weighted by Crippen LogP contribution is 2.14. The van der Waals surface area contributed by atoms with E-state index < -0.39 is 0 Å². The van der Waals surface area contributed by atoms with Crippen molar-refractivity contribution in [2.45, 2.75) is 6.42 Å². The van der Waals surface area contributed by atoms with Gasteiger partial charge in [-0.2, -0.15) is 0 Å². The third-order valence-electron chi connectivity index (χ3n) is 1.33. The average Bonchev–Trinajstić information content (AvgIpc) is 2.05. The van der Waals surface area contributed by atoms with Crippen LogP contribution in [0.1, 0.15) is 6.42 Å². The molecule has 2 nitrogen and oxygen atoms in total. The maximum absolute atomic E-state index is 10.8. The average molecular weight is 137 g/mol. The van der Waals surface area contributed by atoms with Crippen LogP contribution in [0, 0.1) is 5.92 Å². The van der Waals surface area contributed by atoms with Crippen LogP contribution in [0.2, 0.25) is 0 Å². The Bertz CT molecular complexity index is 180. The van der Waals surface area contributed by atoms with E-state index in [0.29, 0.717) is 12.3 Å². The largest absolute Gasteiger partial charge is 0.468 e. The Morgan fingerprint density at radius 3 is 2.90 bits per heavy atom. The third-order valence-corrected chi connectivity index (χ3v) is 1.33. The quantitative estimate of drug-likeness (QED) is 0.508. The molecule has 0 unspecified atom stereocenters. The second-order valence-corrected chi connectivity index (χ2v) is 2.01. The molecule has 0 heterocycles. The maximum Gasteiger partial charge on any atom is 0.317 e. The van der Waals surface area contributed by atoms with Crippen LogP contribution in [-0.2, 0) is 9.53 Å². The van der Waals surface area contributed by atoms with E-state index in [9.17, 15) is 4.79 Å². The number of hydrogen-bond acceptors (Lipinski definition) is 2. The van der Waals surface area contributed by atoms with E-state index in [1.807, 2.05) is 18.2 Å². The minimum atomic E-state index is -0.236. The van der Waals surface area contributed by atoms with Crippen molar-refractivity contribution in [2.24, 2.45) is 0 Å². The Morgan fingerprint density at radius 2 is 2.40 bits per heavy atom. The molecule has 0 aliphatic heterocycles. The SMILES string of the molecule is COC(=O)[C]1C=CC=CC1. The van der Waals surface area contributed by atoms with Gasteiger partial charge in [-0.1, -0.05) is 24.3 Å². The predicted molar refractivity (Wildman–Crippen MR) is 38.2 cm³/mol. The highest BCUT2D eigenvalue weighted by atomic mass is 16.5. The summed E-state index contributed by atoms with van der Waals surface area (Å²) in [5.41, 5.74) is 0. The lowest BCUT2D eigenvalue weighted by atomic mass is 10.0. The molecule has 0 atom stereocenters. The lowest BCUT2D eigenvalue weighted by molar-refractivity contribution is -0.137. The Morgan fingerprint density at radius 1 is 1.60 bits per heavy atom. The van der Waals surface area contributed by atoms with Gasteiger partial charge in [0.1, 0.15) is 5.92 Å². The van der Waals surface area contributed by atoms with Crippen molar-refractivity contribution in [2.75, 3.05) is 7.11 Å². The summed E-state index contributed by atoms with van der Waals surface area (Å²) >= 11 is 0. The van der Waals surface area contributed by atoms with E-state index in [1.165, 1.54) is 7.11 Å². The van der Waals surface area contributed by atoms with Gasteiger partial charge < -0.3 is 4.74 Å². The summed E-state index contributed by atoms with van der Waals surface area (Å²) in [6.07, 6.45) is 8.11. The monoisotopic (exact) mass is 137 g/mol. The van der Waals surface area contributed by atoms with Crippen molar-refractivity contribution < 1.29 is 9.53 Å². The van der Waals surface area contributed by atoms with Crippen LogP contribution >= 0.6 is 0 Å². The molecule has 2 heteroatoms. The first-order valence-corrected chi connectivity index (χ1v) is 3.12. The molecular formula is C8H9O2. The van der Waals surface area contributed by atoms with E-state index in [-0.39, 0.29) is 5.97 Å². The van der Waals surface area contributed by atoms with Crippen LogP contribution in [0.25, 0.3) is 0 Å². The van der Waals surface area contributed by atoms with Crippen LogP contribution in [0.5, 0.6) is 0 Å². The molecule has 0 amide bonds. The molecule has 0 aromatic heterocycles. The van der Waals surface area contributed by atoms with Crippen LogP contribution in [0.3, 0.4) is 0 Å². The summed E-state index contributed by atoms with van der Waals surface area (Å²) < 4.78 is 4.53. The van der Waals surface area contributed by atoms with Crippen molar-refractivity contribution in [3.05, 3.63) is 30.2 Å². The molecule has 0 aromatic rings. The van der Waals surface area contributed by atoms with Crippen LogP contribution in [0.15, 0.2) is 24.3 Å². The van der Waals surface area contributed by atoms with Gasteiger partial charge >= 0.3 is 5.97 Å². The Hall–Kier alpha value is -1.05. The second-order valence-electron chi connectivity index (χ2n) is 2.01. The summed E-state index contributed by atoms with van der Waals surface area (Å²) in [7, 11) is 1.39. The maximum atomic E-state index is 10.8. The molecule has 1 aliphatic rings. The lowest BCUT2D eigenvalue weighted by Crippen LogP contribution is -2.11. The van der Waals surface area contributed by atoms with Gasteiger partial charge in [0.2, 0.25) is 0 Å². The number of ether oxygens (including phenoxy) is 1. The van der Waals surface area contributed by atoms with Gasteiger partial charge in [0.05, 0.1) is 7.11 Å². The number of allylic oxidation sites excluding steroid dienone is 3. The zero-order chi connectivity index (χ0) is 7.40. The van der Waals surface area contributed by atoms with Crippen molar-refractivity contribution in [3.8, 4) is 0 Å². The molecular weight excluding hydrogens is 128 g/mol. The number of esters is 1. The molecule has 10 heavy (non-hydrogen) atoms. The summed E-state index contributed by atoms with van der Waals surface area (Å²) in [4.78, 5) is 10.8. The normalized spacial score (nSPS) is 17.3. The fourth-order valence-electron chi connectivity index (χ4n) is 0.796. The zero-order valence-corrected chi connectivity index (χ0v) is 5.83. The van der Waals surface area contributed by atoms with Crippen LogP contribution in [0.4, 0.5) is 0 Å². The van der Waals surface area contributed by atoms with Gasteiger partial charge in [0, 0.05) is 0 Å². The number of carbonyl (C=O) groups is 1. The fraction of sp³-hybridized carbons (Fsp3) is 0.250. The first kappa shape index (κ1) is 7.06. The summed E-state index contributed by atoms with van der Waals surface area (Å²) in [6.45, 7) is 0. The minimum absolute atomic E-state index is 0.236. The molecule has 0 N–H and O–H groups in total. The van der Waals surface area contributed by atoms with Crippen LogP contribution in [-0.4, -0.2) is 13.1 Å². The molecule has 0 saturated carbocycles. The highest BCUT2D eigenvalue weighted by Gasteiger charge is 2.15. The Balaban J connectivity index is 2.51. The van der Waals surface area contributed by atoms with Crippen LogP contribution < -0.4 is 0 Å². The van der Waals surface area contributed by atoms with Crippen molar-refractivity contribution in [1.29, 1.82) is 0 Å². The fourth-order valence-corrected chi connectivity index (χ4v) is 0.796. The zero-order valence-electron chi connectivity index (χ0n) is 5.83. The molecule has 0 bridgehead atoms. The summed E-state index contributed by atoms with van der Waals surface area (Å²) in [5.74, 6) is 0.477. The smallest absolute Gasteiger partial charge is 0.317 e. The summed E-state index contributed by atoms with van der Waals surface area (Å²) in [5, 5.41) is 0. The minimum Gasteiger partial charge on any atom is -0.468 e. The van der Waals surface area contributed by atoms with Crippen molar-refractivity contribution >= 4 is 5.97 Å². The molecule has 0 saturated heterocycles. The molecule has 0 fully saturated rings. The van der Waals surface area contributed by atoms with E-state index >= 15 is 0 Å². The number of carbonyl (C=O) groups excluding carboxylic acids is 1. The van der Waals surface area contributed by atoms with Crippen molar-refractivity contribution in [3.63, 3.8) is 0 Å². The molecule has 1 radical (unpaired) electrons. The van der Waals surface area contributed by atoms with Gasteiger partial charge in [0.15, 0.2) is 0 Å². The van der Waals surface area contributed by atoms with Gasteiger partial charge in [-0.05, 0) is 6.42 Å². The third kappa shape index (κ3) is 1.47. The van der Waals surface area contributed by atoms with E-state index in [4.69, 9.17) is 0 Å². The van der Waals surface area contributed by atoms with Gasteiger partial charge in [-0.25, -0.2) is 0 Å². The van der Waals surface area contributed by atoms with Gasteiger partial charge in [-0.3, -0.25) is 4.79 Å². The van der Waals surface area contributed by atoms with Crippen molar-refractivity contribution in [1.82, 2.24) is 0 Å². The predicted octanol–water partition coefficient (Wildman–Crippen LogP) is 1.25. The standard InChI is InChI=1S/C8H9O2/c1-10-8(9)7-5-3-2-4-6-7/h2-5H,6H2,1H3. The Labute approximate surface area is 60.2 Å². The molecule has 1 rings (SSSR count).